The minimum Gasteiger partial charge on any atom is -0.314 e. The van der Waals surface area contributed by atoms with Gasteiger partial charge in [0.05, 0.1) is 0 Å². The first-order chi connectivity index (χ1) is 7.04. The summed E-state index contributed by atoms with van der Waals surface area (Å²) < 4.78 is 25.9. The van der Waals surface area contributed by atoms with Gasteiger partial charge in [-0.3, -0.25) is 0 Å². The molecule has 1 rings (SSSR count). The minimum atomic E-state index is -0.552. The van der Waals surface area contributed by atoms with Crippen molar-refractivity contribution in [1.29, 1.82) is 0 Å². The van der Waals surface area contributed by atoms with Crippen molar-refractivity contribution in [3.05, 3.63) is 41.0 Å². The topological polar surface area (TPSA) is 12.0 Å². The Bertz CT molecular complexity index is 372. The molecule has 0 aliphatic carbocycles. The molecule has 0 aliphatic heterocycles. The summed E-state index contributed by atoms with van der Waals surface area (Å²) in [6.45, 7) is 3.89. The van der Waals surface area contributed by atoms with Crippen molar-refractivity contribution in [2.45, 2.75) is 19.9 Å². The van der Waals surface area contributed by atoms with Gasteiger partial charge >= 0.3 is 0 Å². The third-order valence-electron chi connectivity index (χ3n) is 2.46. The number of halogens is 2. The second-order valence-electron chi connectivity index (χ2n) is 3.56. The van der Waals surface area contributed by atoms with Crippen LogP contribution in [0.2, 0.25) is 0 Å². The number of rotatable bonds is 3. The quantitative estimate of drug-likeness (QED) is 0.810. The molecule has 15 heavy (non-hydrogen) atoms. The maximum absolute atomic E-state index is 13.3. The second-order valence-corrected chi connectivity index (χ2v) is 3.56. The molecule has 0 radical (unpaired) electrons. The van der Waals surface area contributed by atoms with E-state index in [0.29, 0.717) is 5.56 Å². The van der Waals surface area contributed by atoms with Gasteiger partial charge in [0.2, 0.25) is 0 Å². The summed E-state index contributed by atoms with van der Waals surface area (Å²) in [5.41, 5.74) is 1.42. The van der Waals surface area contributed by atoms with Gasteiger partial charge in [-0.1, -0.05) is 11.6 Å². The fourth-order valence-corrected chi connectivity index (χ4v) is 1.22. The molecule has 1 atom stereocenters. The van der Waals surface area contributed by atoms with Gasteiger partial charge in [-0.05, 0) is 33.0 Å². The van der Waals surface area contributed by atoms with Gasteiger partial charge in [-0.2, -0.15) is 0 Å². The van der Waals surface area contributed by atoms with E-state index in [1.54, 1.807) is 6.08 Å². The first-order valence-corrected chi connectivity index (χ1v) is 4.85. The average Bonchev–Trinajstić information content (AvgIpc) is 2.20. The molecule has 0 bridgehead atoms. The fraction of sp³-hybridized carbons (Fsp3) is 0.333. The second kappa shape index (κ2) is 5.03. The van der Waals surface area contributed by atoms with Crippen LogP contribution in [0.25, 0.3) is 6.08 Å². The lowest BCUT2D eigenvalue weighted by Gasteiger charge is -2.10. The Labute approximate surface area is 88.8 Å². The van der Waals surface area contributed by atoms with Gasteiger partial charge < -0.3 is 5.32 Å². The molecule has 0 heterocycles. The van der Waals surface area contributed by atoms with Gasteiger partial charge in [0, 0.05) is 17.7 Å². The largest absolute Gasteiger partial charge is 0.314 e. The van der Waals surface area contributed by atoms with E-state index in [1.807, 2.05) is 20.9 Å². The number of nitrogens with one attached hydrogen (secondary N) is 1. The molecular formula is C12H15F2N. The van der Waals surface area contributed by atoms with E-state index in [9.17, 15) is 8.78 Å². The minimum absolute atomic E-state index is 0.175. The summed E-state index contributed by atoms with van der Waals surface area (Å²) in [5.74, 6) is -1.08. The van der Waals surface area contributed by atoms with Crippen LogP contribution in [-0.2, 0) is 0 Å². The van der Waals surface area contributed by atoms with Crippen LogP contribution in [0.5, 0.6) is 0 Å². The Morgan fingerprint density at radius 1 is 1.40 bits per heavy atom. The van der Waals surface area contributed by atoms with Crippen LogP contribution in [0.15, 0.2) is 23.8 Å². The van der Waals surface area contributed by atoms with Crippen molar-refractivity contribution in [3.8, 4) is 0 Å². The van der Waals surface area contributed by atoms with Crippen LogP contribution in [-0.4, -0.2) is 13.1 Å². The van der Waals surface area contributed by atoms with E-state index < -0.39 is 11.6 Å². The Morgan fingerprint density at radius 3 is 2.60 bits per heavy atom. The van der Waals surface area contributed by atoms with Crippen LogP contribution in [0.4, 0.5) is 8.78 Å². The Kier molecular flexibility index (Phi) is 3.97. The third kappa shape index (κ3) is 3.13. The van der Waals surface area contributed by atoms with E-state index in [1.165, 1.54) is 12.1 Å². The van der Waals surface area contributed by atoms with Crippen LogP contribution in [0.3, 0.4) is 0 Å². The van der Waals surface area contributed by atoms with Crippen molar-refractivity contribution in [3.63, 3.8) is 0 Å². The molecule has 1 nitrogen and oxygen atoms in total. The highest BCUT2D eigenvalue weighted by Gasteiger charge is 2.04. The van der Waals surface area contributed by atoms with Crippen molar-refractivity contribution >= 4 is 6.08 Å². The smallest absolute Gasteiger partial charge is 0.133 e. The number of benzene rings is 1. The third-order valence-corrected chi connectivity index (χ3v) is 2.46. The molecule has 0 amide bonds. The van der Waals surface area contributed by atoms with Crippen molar-refractivity contribution in [2.75, 3.05) is 7.05 Å². The molecule has 0 aliphatic rings. The van der Waals surface area contributed by atoms with Gasteiger partial charge in [-0.15, -0.1) is 0 Å². The fourth-order valence-electron chi connectivity index (χ4n) is 1.22. The Hall–Kier alpha value is -1.22. The molecule has 1 aromatic carbocycles. The number of hydrogen-bond donors (Lipinski definition) is 1. The highest BCUT2D eigenvalue weighted by molar-refractivity contribution is 5.54. The zero-order valence-corrected chi connectivity index (χ0v) is 9.14. The molecule has 1 unspecified atom stereocenters. The summed E-state index contributed by atoms with van der Waals surface area (Å²) in [7, 11) is 1.84. The van der Waals surface area contributed by atoms with Crippen LogP contribution in [0.1, 0.15) is 19.4 Å². The molecule has 0 fully saturated rings. The predicted octanol–water partition coefficient (Wildman–Crippen LogP) is 2.98. The Morgan fingerprint density at radius 2 is 2.07 bits per heavy atom. The highest BCUT2D eigenvalue weighted by atomic mass is 19.1. The molecule has 0 saturated carbocycles. The van der Waals surface area contributed by atoms with Crippen LogP contribution >= 0.6 is 0 Å². The first-order valence-electron chi connectivity index (χ1n) is 4.85. The van der Waals surface area contributed by atoms with E-state index in [4.69, 9.17) is 0 Å². The monoisotopic (exact) mass is 211 g/mol. The lowest BCUT2D eigenvalue weighted by atomic mass is 10.1. The summed E-state index contributed by atoms with van der Waals surface area (Å²) in [6.07, 6.45) is 1.72. The lowest BCUT2D eigenvalue weighted by molar-refractivity contribution is 0.581. The predicted molar refractivity (Wildman–Crippen MR) is 58.5 cm³/mol. The molecule has 3 heteroatoms. The molecule has 82 valence electrons. The standard InChI is InChI=1S/C12H15F2N/c1-8(9(2)15-3)6-10-4-5-11(13)7-12(10)14/h4-7,9,15H,1-3H3/b8-6+. The molecule has 1 N–H and O–H groups in total. The van der Waals surface area contributed by atoms with Crippen molar-refractivity contribution in [2.24, 2.45) is 0 Å². The SMILES string of the molecule is CNC(C)/C(C)=C/c1ccc(F)cc1F. The highest BCUT2D eigenvalue weighted by Crippen LogP contribution is 2.14. The zero-order valence-electron chi connectivity index (χ0n) is 9.14. The average molecular weight is 211 g/mol. The van der Waals surface area contributed by atoms with Crippen molar-refractivity contribution in [1.82, 2.24) is 5.32 Å². The van der Waals surface area contributed by atoms with Gasteiger partial charge in [0.15, 0.2) is 0 Å². The summed E-state index contributed by atoms with van der Waals surface area (Å²) >= 11 is 0. The van der Waals surface area contributed by atoms with Crippen LogP contribution < -0.4 is 5.32 Å². The molecular weight excluding hydrogens is 196 g/mol. The summed E-state index contributed by atoms with van der Waals surface area (Å²) in [4.78, 5) is 0. The van der Waals surface area contributed by atoms with Crippen LogP contribution in [0, 0.1) is 11.6 Å². The number of hydrogen-bond acceptors (Lipinski definition) is 1. The maximum Gasteiger partial charge on any atom is 0.133 e. The first kappa shape index (κ1) is 11.9. The molecule has 0 spiro atoms. The maximum atomic E-state index is 13.3. The number of likely N-dealkylation sites (N-methyl/N-ethyl adjacent to an activating group) is 1. The van der Waals surface area contributed by atoms with Crippen molar-refractivity contribution < 1.29 is 8.78 Å². The van der Waals surface area contributed by atoms with Gasteiger partial charge in [0.1, 0.15) is 11.6 Å². The molecule has 1 aromatic rings. The van der Waals surface area contributed by atoms with E-state index >= 15 is 0 Å². The summed E-state index contributed by atoms with van der Waals surface area (Å²) in [5, 5.41) is 3.05. The van der Waals surface area contributed by atoms with Gasteiger partial charge in [-0.25, -0.2) is 8.78 Å². The molecule has 0 aromatic heterocycles. The van der Waals surface area contributed by atoms with E-state index in [0.717, 1.165) is 11.6 Å². The molecule has 0 saturated heterocycles. The zero-order chi connectivity index (χ0) is 11.4. The lowest BCUT2D eigenvalue weighted by Crippen LogP contribution is -2.22. The van der Waals surface area contributed by atoms with E-state index in [2.05, 4.69) is 5.32 Å². The normalized spacial score (nSPS) is 14.1. The van der Waals surface area contributed by atoms with E-state index in [-0.39, 0.29) is 6.04 Å². The summed E-state index contributed by atoms with van der Waals surface area (Å²) in [6, 6.07) is 3.76. The Balaban J connectivity index is 2.98. The van der Waals surface area contributed by atoms with Gasteiger partial charge in [0.25, 0.3) is 0 Å².